The zero-order valence-corrected chi connectivity index (χ0v) is 19.2. The van der Waals surface area contributed by atoms with Gasteiger partial charge in [0.1, 0.15) is 6.10 Å². The highest BCUT2D eigenvalue weighted by Crippen LogP contribution is 2.25. The molecular formula is C24H29N5O4. The van der Waals surface area contributed by atoms with E-state index in [-0.39, 0.29) is 41.6 Å². The van der Waals surface area contributed by atoms with Crippen molar-refractivity contribution in [2.45, 2.75) is 58.3 Å². The number of carbonyl (C=O) groups is 1. The van der Waals surface area contributed by atoms with Crippen LogP contribution in [0.25, 0.3) is 11.2 Å². The highest BCUT2D eigenvalue weighted by atomic mass is 16.5. The van der Waals surface area contributed by atoms with E-state index in [0.29, 0.717) is 12.1 Å². The van der Waals surface area contributed by atoms with Gasteiger partial charge in [0.25, 0.3) is 11.6 Å². The third-order valence-corrected chi connectivity index (χ3v) is 6.04. The van der Waals surface area contributed by atoms with Crippen LogP contribution in [0.3, 0.4) is 0 Å². The smallest absolute Gasteiger partial charge is 0.332 e. The molecule has 0 bridgehead atoms. The standard InChI is InChI=1S/C24H29N5O4/c1-15(2)12-13-28-20-21(26-23(28)33-19-11-7-10-17(19)25)27(3)24(32)29(22(20)31)14-18(30)16-8-5-4-6-9-16/h4-6,8-9,12,17,19H,7,10-11,13-14,25H2,1-3H3. The average molecular weight is 452 g/mol. The zero-order valence-electron chi connectivity index (χ0n) is 19.2. The fourth-order valence-electron chi connectivity index (χ4n) is 4.12. The number of imidazole rings is 1. The molecule has 1 saturated carbocycles. The number of nitrogens with two attached hydrogens (primary N) is 1. The highest BCUT2D eigenvalue weighted by molar-refractivity contribution is 5.95. The SMILES string of the molecule is CC(C)=CCn1c(OC2CCCC2N)nc2c1c(=O)n(CC(=O)c1ccccc1)c(=O)n2C. The molecule has 1 aliphatic rings. The first-order valence-corrected chi connectivity index (χ1v) is 11.1. The summed E-state index contributed by atoms with van der Waals surface area (Å²) in [6.45, 7) is 3.90. The molecule has 2 heterocycles. The van der Waals surface area contributed by atoms with Crippen molar-refractivity contribution in [3.63, 3.8) is 0 Å². The summed E-state index contributed by atoms with van der Waals surface area (Å²) < 4.78 is 10.1. The molecule has 2 atom stereocenters. The van der Waals surface area contributed by atoms with Gasteiger partial charge < -0.3 is 10.5 Å². The van der Waals surface area contributed by atoms with Gasteiger partial charge in [-0.1, -0.05) is 42.0 Å². The number of rotatable bonds is 7. The lowest BCUT2D eigenvalue weighted by Gasteiger charge is -2.17. The van der Waals surface area contributed by atoms with Crippen LogP contribution in [0.5, 0.6) is 6.01 Å². The number of Topliss-reactive ketones (excluding diaryl/α,β-unsaturated/α-hetero) is 1. The van der Waals surface area contributed by atoms with Crippen molar-refractivity contribution in [1.29, 1.82) is 0 Å². The summed E-state index contributed by atoms with van der Waals surface area (Å²) in [6.07, 6.45) is 4.39. The number of benzene rings is 1. The summed E-state index contributed by atoms with van der Waals surface area (Å²) in [5.41, 5.74) is 6.94. The minimum atomic E-state index is -0.604. The van der Waals surface area contributed by atoms with Crippen molar-refractivity contribution in [2.75, 3.05) is 0 Å². The minimum Gasteiger partial charge on any atom is -0.460 e. The van der Waals surface area contributed by atoms with Crippen LogP contribution in [0.1, 0.15) is 43.5 Å². The molecule has 1 fully saturated rings. The number of ether oxygens (including phenoxy) is 1. The van der Waals surface area contributed by atoms with Crippen LogP contribution >= 0.6 is 0 Å². The van der Waals surface area contributed by atoms with E-state index in [4.69, 9.17) is 10.5 Å². The Morgan fingerprint density at radius 3 is 2.55 bits per heavy atom. The van der Waals surface area contributed by atoms with Crippen molar-refractivity contribution in [1.82, 2.24) is 18.7 Å². The van der Waals surface area contributed by atoms with Gasteiger partial charge in [-0.05, 0) is 33.1 Å². The quantitative estimate of drug-likeness (QED) is 0.434. The van der Waals surface area contributed by atoms with E-state index in [1.165, 1.54) is 11.6 Å². The Labute approximate surface area is 191 Å². The van der Waals surface area contributed by atoms with Gasteiger partial charge in [0.05, 0.1) is 6.54 Å². The van der Waals surface area contributed by atoms with Crippen LogP contribution in [0, 0.1) is 0 Å². The van der Waals surface area contributed by atoms with E-state index in [1.807, 2.05) is 19.9 Å². The minimum absolute atomic E-state index is 0.106. The van der Waals surface area contributed by atoms with E-state index in [1.54, 1.807) is 34.9 Å². The lowest BCUT2D eigenvalue weighted by atomic mass is 10.1. The molecule has 0 saturated heterocycles. The summed E-state index contributed by atoms with van der Waals surface area (Å²) in [6, 6.07) is 8.74. The molecule has 9 nitrogen and oxygen atoms in total. The molecule has 0 aliphatic heterocycles. The van der Waals surface area contributed by atoms with Crippen molar-refractivity contribution in [2.24, 2.45) is 12.8 Å². The number of hydrogen-bond donors (Lipinski definition) is 1. The monoisotopic (exact) mass is 451 g/mol. The number of carbonyl (C=O) groups excluding carboxylic acids is 1. The van der Waals surface area contributed by atoms with Crippen molar-refractivity contribution >= 4 is 16.9 Å². The van der Waals surface area contributed by atoms with Crippen molar-refractivity contribution in [3.8, 4) is 6.01 Å². The van der Waals surface area contributed by atoms with Crippen LogP contribution < -0.4 is 21.7 Å². The second-order valence-corrected chi connectivity index (χ2v) is 8.73. The molecule has 0 radical (unpaired) electrons. The lowest BCUT2D eigenvalue weighted by molar-refractivity contribution is 0.0969. The van der Waals surface area contributed by atoms with Crippen LogP contribution in [-0.4, -0.2) is 36.6 Å². The summed E-state index contributed by atoms with van der Waals surface area (Å²) in [5.74, 6) is -0.321. The van der Waals surface area contributed by atoms with Gasteiger partial charge in [-0.3, -0.25) is 23.3 Å². The highest BCUT2D eigenvalue weighted by Gasteiger charge is 2.29. The molecule has 2 aromatic heterocycles. The van der Waals surface area contributed by atoms with Crippen LogP contribution in [-0.2, 0) is 20.1 Å². The zero-order chi connectivity index (χ0) is 23.7. The van der Waals surface area contributed by atoms with E-state index in [2.05, 4.69) is 4.98 Å². The van der Waals surface area contributed by atoms with Gasteiger partial charge in [0.15, 0.2) is 16.9 Å². The van der Waals surface area contributed by atoms with E-state index in [9.17, 15) is 14.4 Å². The Balaban J connectivity index is 1.85. The van der Waals surface area contributed by atoms with Gasteiger partial charge in [0, 0.05) is 25.2 Å². The molecule has 1 aromatic carbocycles. The summed E-state index contributed by atoms with van der Waals surface area (Å²) >= 11 is 0. The average Bonchev–Trinajstić information content (AvgIpc) is 3.37. The van der Waals surface area contributed by atoms with Crippen molar-refractivity contribution in [3.05, 3.63) is 68.4 Å². The normalized spacial score (nSPS) is 17.9. The largest absolute Gasteiger partial charge is 0.460 e. The molecule has 0 amide bonds. The van der Waals surface area contributed by atoms with Gasteiger partial charge >= 0.3 is 5.69 Å². The molecule has 1 aliphatic carbocycles. The maximum Gasteiger partial charge on any atom is 0.332 e. The van der Waals surface area contributed by atoms with Crippen LogP contribution in [0.4, 0.5) is 0 Å². The number of ketones is 1. The van der Waals surface area contributed by atoms with Gasteiger partial charge in [-0.15, -0.1) is 0 Å². The maximum atomic E-state index is 13.5. The third kappa shape index (κ3) is 4.41. The number of allylic oxidation sites excluding steroid dienone is 2. The molecule has 174 valence electrons. The predicted octanol–water partition coefficient (Wildman–Crippen LogP) is 2.00. The summed E-state index contributed by atoms with van der Waals surface area (Å²) in [7, 11) is 1.54. The fraction of sp³-hybridized carbons (Fsp3) is 0.417. The number of nitrogens with zero attached hydrogens (tertiary/aromatic N) is 4. The van der Waals surface area contributed by atoms with Crippen molar-refractivity contribution < 1.29 is 9.53 Å². The molecule has 0 spiro atoms. The maximum absolute atomic E-state index is 13.5. The topological polar surface area (TPSA) is 114 Å². The number of aromatic nitrogens is 4. The number of hydrogen-bond acceptors (Lipinski definition) is 6. The molecule has 33 heavy (non-hydrogen) atoms. The lowest BCUT2D eigenvalue weighted by Crippen LogP contribution is -2.41. The Morgan fingerprint density at radius 2 is 1.91 bits per heavy atom. The molecule has 3 aromatic rings. The Bertz CT molecular complexity index is 1330. The summed E-state index contributed by atoms with van der Waals surface area (Å²) in [4.78, 5) is 43.8. The first-order valence-electron chi connectivity index (χ1n) is 11.1. The second-order valence-electron chi connectivity index (χ2n) is 8.73. The predicted molar refractivity (Wildman–Crippen MR) is 126 cm³/mol. The van der Waals surface area contributed by atoms with E-state index in [0.717, 1.165) is 29.4 Å². The number of fused-ring (bicyclic) bond motifs is 1. The van der Waals surface area contributed by atoms with Gasteiger partial charge in [0.2, 0.25) is 0 Å². The molecule has 2 unspecified atom stereocenters. The third-order valence-electron chi connectivity index (χ3n) is 6.04. The molecule has 9 heteroatoms. The second kappa shape index (κ2) is 9.19. The first kappa shape index (κ1) is 22.7. The van der Waals surface area contributed by atoms with Gasteiger partial charge in [-0.25, -0.2) is 4.79 Å². The molecule has 4 rings (SSSR count). The van der Waals surface area contributed by atoms with Gasteiger partial charge in [-0.2, -0.15) is 4.98 Å². The summed E-state index contributed by atoms with van der Waals surface area (Å²) in [5, 5.41) is 0. The Morgan fingerprint density at radius 1 is 1.18 bits per heavy atom. The molecule has 2 N–H and O–H groups in total. The Kier molecular flexibility index (Phi) is 6.33. The Hall–Kier alpha value is -3.46. The van der Waals surface area contributed by atoms with E-state index < -0.39 is 11.2 Å². The first-order chi connectivity index (χ1) is 15.8. The van der Waals surface area contributed by atoms with Crippen LogP contribution in [0.2, 0.25) is 0 Å². The fourth-order valence-corrected chi connectivity index (χ4v) is 4.12. The van der Waals surface area contributed by atoms with E-state index >= 15 is 0 Å². The van der Waals surface area contributed by atoms with Crippen LogP contribution in [0.15, 0.2) is 51.6 Å². The number of aryl methyl sites for hydroxylation is 1. The molecular weight excluding hydrogens is 422 g/mol.